The Bertz CT molecular complexity index is 239. The van der Waals surface area contributed by atoms with E-state index in [1.807, 2.05) is 0 Å². The van der Waals surface area contributed by atoms with E-state index in [-0.39, 0.29) is 5.54 Å². The number of likely N-dealkylation sites (tertiary alicyclic amines) is 1. The van der Waals surface area contributed by atoms with Crippen LogP contribution in [0.15, 0.2) is 12.2 Å². The first kappa shape index (κ1) is 14.7. The highest BCUT2D eigenvalue weighted by Gasteiger charge is 2.36. The second kappa shape index (κ2) is 6.55. The maximum atomic E-state index is 4.18. The van der Waals surface area contributed by atoms with Gasteiger partial charge in [0.15, 0.2) is 0 Å². The molecule has 1 N–H and O–H groups in total. The van der Waals surface area contributed by atoms with E-state index in [1.54, 1.807) is 0 Å². The zero-order valence-electron chi connectivity index (χ0n) is 12.2. The Morgan fingerprint density at radius 3 is 2.35 bits per heavy atom. The minimum absolute atomic E-state index is 0.241. The molecule has 100 valence electrons. The normalized spacial score (nSPS) is 19.5. The van der Waals surface area contributed by atoms with Crippen molar-refractivity contribution >= 4 is 0 Å². The molecule has 1 rings (SSSR count). The van der Waals surface area contributed by atoms with Crippen molar-refractivity contribution in [3.63, 3.8) is 0 Å². The summed E-state index contributed by atoms with van der Waals surface area (Å²) in [5.41, 5.74) is 1.60. The van der Waals surface area contributed by atoms with Gasteiger partial charge in [-0.1, -0.05) is 26.0 Å². The van der Waals surface area contributed by atoms with Gasteiger partial charge in [0.1, 0.15) is 0 Å². The highest BCUT2D eigenvalue weighted by Crippen LogP contribution is 2.27. The summed E-state index contributed by atoms with van der Waals surface area (Å²) in [4.78, 5) is 2.64. The molecule has 1 heterocycles. The van der Waals surface area contributed by atoms with Gasteiger partial charge in [0.25, 0.3) is 0 Å². The summed E-state index contributed by atoms with van der Waals surface area (Å²) in [7, 11) is 0. The van der Waals surface area contributed by atoms with E-state index in [0.29, 0.717) is 6.04 Å². The Hall–Kier alpha value is -0.340. The maximum absolute atomic E-state index is 4.18. The SMILES string of the molecule is C=C(CC)CC(NCC)C(C)(C)N1CCCC1. The van der Waals surface area contributed by atoms with Crippen molar-refractivity contribution in [1.82, 2.24) is 10.2 Å². The molecule has 1 aliphatic rings. The Balaban J connectivity index is 2.68. The van der Waals surface area contributed by atoms with Gasteiger partial charge in [-0.3, -0.25) is 4.90 Å². The van der Waals surface area contributed by atoms with Gasteiger partial charge in [-0.15, -0.1) is 0 Å². The lowest BCUT2D eigenvalue weighted by Crippen LogP contribution is -2.57. The fourth-order valence-electron chi connectivity index (χ4n) is 2.76. The molecule has 0 aromatic rings. The molecule has 1 fully saturated rings. The van der Waals surface area contributed by atoms with Crippen molar-refractivity contribution in [3.8, 4) is 0 Å². The summed E-state index contributed by atoms with van der Waals surface area (Å²) >= 11 is 0. The average molecular weight is 238 g/mol. The topological polar surface area (TPSA) is 15.3 Å². The van der Waals surface area contributed by atoms with Crippen LogP contribution < -0.4 is 5.32 Å². The number of likely N-dealkylation sites (N-methyl/N-ethyl adjacent to an activating group) is 1. The summed E-state index contributed by atoms with van der Waals surface area (Å²) in [6.07, 6.45) is 4.92. The molecule has 0 aliphatic carbocycles. The van der Waals surface area contributed by atoms with Crippen LogP contribution in [-0.2, 0) is 0 Å². The van der Waals surface area contributed by atoms with Gasteiger partial charge in [0.05, 0.1) is 0 Å². The Kier molecular flexibility index (Phi) is 5.68. The van der Waals surface area contributed by atoms with E-state index in [9.17, 15) is 0 Å². The van der Waals surface area contributed by atoms with E-state index in [4.69, 9.17) is 0 Å². The lowest BCUT2D eigenvalue weighted by atomic mass is 9.87. The monoisotopic (exact) mass is 238 g/mol. The number of hydrogen-bond acceptors (Lipinski definition) is 2. The largest absolute Gasteiger partial charge is 0.312 e. The van der Waals surface area contributed by atoms with Gasteiger partial charge in [0, 0.05) is 11.6 Å². The molecule has 0 bridgehead atoms. The van der Waals surface area contributed by atoms with Gasteiger partial charge >= 0.3 is 0 Å². The minimum atomic E-state index is 0.241. The summed E-state index contributed by atoms with van der Waals surface area (Å²) in [5.74, 6) is 0. The van der Waals surface area contributed by atoms with E-state index in [1.165, 1.54) is 31.5 Å². The summed E-state index contributed by atoms with van der Waals surface area (Å²) < 4.78 is 0. The average Bonchev–Trinajstić information content (AvgIpc) is 2.82. The highest BCUT2D eigenvalue weighted by atomic mass is 15.2. The Morgan fingerprint density at radius 2 is 1.88 bits per heavy atom. The lowest BCUT2D eigenvalue weighted by molar-refractivity contribution is 0.107. The molecule has 0 aromatic carbocycles. The van der Waals surface area contributed by atoms with Crippen LogP contribution >= 0.6 is 0 Å². The molecule has 0 saturated carbocycles. The Labute approximate surface area is 107 Å². The number of rotatable bonds is 7. The van der Waals surface area contributed by atoms with E-state index < -0.39 is 0 Å². The second-order valence-electron chi connectivity index (χ2n) is 5.77. The van der Waals surface area contributed by atoms with Crippen molar-refractivity contribution in [2.45, 2.75) is 65.0 Å². The standard InChI is InChI=1S/C15H30N2/c1-6-13(3)12-14(16-7-2)15(4,5)17-10-8-9-11-17/h14,16H,3,6-12H2,1-2,4-5H3. The molecule has 2 heteroatoms. The second-order valence-corrected chi connectivity index (χ2v) is 5.77. The zero-order valence-corrected chi connectivity index (χ0v) is 12.2. The third-order valence-electron chi connectivity index (χ3n) is 4.22. The third kappa shape index (κ3) is 3.82. The molecular formula is C15H30N2. The van der Waals surface area contributed by atoms with Crippen LogP contribution in [0.3, 0.4) is 0 Å². The molecule has 0 amide bonds. The van der Waals surface area contributed by atoms with E-state index in [2.05, 4.69) is 44.5 Å². The minimum Gasteiger partial charge on any atom is -0.312 e. The molecule has 2 nitrogen and oxygen atoms in total. The van der Waals surface area contributed by atoms with Gasteiger partial charge in [-0.05, 0) is 59.2 Å². The molecule has 1 atom stereocenters. The highest BCUT2D eigenvalue weighted by molar-refractivity contribution is 5.04. The molecule has 17 heavy (non-hydrogen) atoms. The van der Waals surface area contributed by atoms with Gasteiger partial charge in [0.2, 0.25) is 0 Å². The van der Waals surface area contributed by atoms with E-state index in [0.717, 1.165) is 19.4 Å². The first-order valence-electron chi connectivity index (χ1n) is 7.17. The van der Waals surface area contributed by atoms with Crippen molar-refractivity contribution in [1.29, 1.82) is 0 Å². The van der Waals surface area contributed by atoms with Gasteiger partial charge in [-0.25, -0.2) is 0 Å². The molecule has 1 unspecified atom stereocenters. The number of nitrogens with one attached hydrogen (secondary N) is 1. The van der Waals surface area contributed by atoms with Crippen LogP contribution in [0.2, 0.25) is 0 Å². The lowest BCUT2D eigenvalue weighted by Gasteiger charge is -2.43. The van der Waals surface area contributed by atoms with Crippen molar-refractivity contribution in [2.24, 2.45) is 0 Å². The van der Waals surface area contributed by atoms with Crippen LogP contribution in [0.1, 0.15) is 53.4 Å². The number of nitrogens with zero attached hydrogens (tertiary/aromatic N) is 1. The third-order valence-corrected chi connectivity index (χ3v) is 4.22. The fourth-order valence-corrected chi connectivity index (χ4v) is 2.76. The molecule has 0 radical (unpaired) electrons. The molecule has 1 saturated heterocycles. The zero-order chi connectivity index (χ0) is 12.9. The first-order valence-corrected chi connectivity index (χ1v) is 7.17. The summed E-state index contributed by atoms with van der Waals surface area (Å²) in [6, 6.07) is 0.526. The van der Waals surface area contributed by atoms with Gasteiger partial charge < -0.3 is 5.32 Å². The predicted octanol–water partition coefficient (Wildman–Crippen LogP) is 3.20. The quantitative estimate of drug-likeness (QED) is 0.685. The van der Waals surface area contributed by atoms with Crippen molar-refractivity contribution < 1.29 is 0 Å². The van der Waals surface area contributed by atoms with Crippen LogP contribution in [0, 0.1) is 0 Å². The van der Waals surface area contributed by atoms with Crippen molar-refractivity contribution in [3.05, 3.63) is 12.2 Å². The Morgan fingerprint density at radius 1 is 1.29 bits per heavy atom. The summed E-state index contributed by atoms with van der Waals surface area (Å²) in [6.45, 7) is 16.9. The molecular weight excluding hydrogens is 208 g/mol. The number of hydrogen-bond donors (Lipinski definition) is 1. The molecule has 0 spiro atoms. The van der Waals surface area contributed by atoms with Gasteiger partial charge in [-0.2, -0.15) is 0 Å². The van der Waals surface area contributed by atoms with Crippen LogP contribution in [-0.4, -0.2) is 36.1 Å². The summed E-state index contributed by atoms with van der Waals surface area (Å²) in [5, 5.41) is 3.66. The van der Waals surface area contributed by atoms with Crippen LogP contribution in [0.25, 0.3) is 0 Å². The smallest absolute Gasteiger partial charge is 0.0309 e. The maximum Gasteiger partial charge on any atom is 0.0309 e. The van der Waals surface area contributed by atoms with Crippen molar-refractivity contribution in [2.75, 3.05) is 19.6 Å². The van der Waals surface area contributed by atoms with Crippen LogP contribution in [0.5, 0.6) is 0 Å². The first-order chi connectivity index (χ1) is 8.02. The van der Waals surface area contributed by atoms with Crippen LogP contribution in [0.4, 0.5) is 0 Å². The molecule has 1 aliphatic heterocycles. The fraction of sp³-hybridized carbons (Fsp3) is 0.867. The molecule has 0 aromatic heterocycles. The van der Waals surface area contributed by atoms with E-state index >= 15 is 0 Å². The predicted molar refractivity (Wildman–Crippen MR) is 76.4 cm³/mol.